The number of amides is 1. The maximum absolute atomic E-state index is 13.1. The highest BCUT2D eigenvalue weighted by Crippen LogP contribution is 2.32. The minimum atomic E-state index is -0.0778. The van der Waals surface area contributed by atoms with Gasteiger partial charge in [0.1, 0.15) is 11.3 Å². The van der Waals surface area contributed by atoms with E-state index in [9.17, 15) is 4.79 Å². The number of pyridine rings is 1. The topological polar surface area (TPSA) is 64.2 Å². The van der Waals surface area contributed by atoms with Gasteiger partial charge in [0.15, 0.2) is 11.3 Å². The van der Waals surface area contributed by atoms with E-state index in [1.807, 2.05) is 36.4 Å². The van der Waals surface area contributed by atoms with Crippen molar-refractivity contribution in [1.29, 1.82) is 0 Å². The molecule has 1 amide bonds. The Labute approximate surface area is 146 Å². The number of piperidine rings is 1. The fourth-order valence-electron chi connectivity index (χ4n) is 3.60. The maximum Gasteiger partial charge on any atom is 0.290 e. The van der Waals surface area contributed by atoms with Gasteiger partial charge in [-0.05, 0) is 45.2 Å². The molecule has 130 valence electrons. The zero-order valence-electron chi connectivity index (χ0n) is 14.6. The van der Waals surface area contributed by atoms with Gasteiger partial charge in [0.25, 0.3) is 5.91 Å². The Bertz CT molecular complexity index is 911. The van der Waals surface area contributed by atoms with Crippen LogP contribution in [0.1, 0.15) is 54.3 Å². The largest absolute Gasteiger partial charge is 0.449 e. The standard InChI is InChI=1S/C19H22N4O2/c1-3-22-11-9-20-18(22)15-6-4-5-10-23(15)19(24)17-12-14-16(25-17)8-7-13(2)21-14/h7-9,11-12,15H,3-6,10H2,1-2H3/t15-/m0/s1. The van der Waals surface area contributed by atoms with Crippen molar-refractivity contribution in [3.8, 4) is 0 Å². The molecule has 1 aliphatic rings. The number of aromatic nitrogens is 3. The second-order valence-corrected chi connectivity index (χ2v) is 6.53. The molecule has 0 saturated carbocycles. The Balaban J connectivity index is 1.68. The van der Waals surface area contributed by atoms with Crippen LogP contribution in [0.25, 0.3) is 11.1 Å². The Morgan fingerprint density at radius 2 is 2.24 bits per heavy atom. The average Bonchev–Trinajstić information content (AvgIpc) is 3.27. The predicted molar refractivity (Wildman–Crippen MR) is 94.3 cm³/mol. The first-order chi connectivity index (χ1) is 12.2. The van der Waals surface area contributed by atoms with Crippen molar-refractivity contribution in [1.82, 2.24) is 19.4 Å². The highest BCUT2D eigenvalue weighted by atomic mass is 16.3. The van der Waals surface area contributed by atoms with Crippen LogP contribution in [0, 0.1) is 6.92 Å². The molecule has 0 aromatic carbocycles. The first-order valence-corrected chi connectivity index (χ1v) is 8.86. The van der Waals surface area contributed by atoms with Crippen molar-refractivity contribution < 1.29 is 9.21 Å². The zero-order valence-corrected chi connectivity index (χ0v) is 14.6. The third-order valence-electron chi connectivity index (χ3n) is 4.87. The molecule has 0 unspecified atom stereocenters. The lowest BCUT2D eigenvalue weighted by Gasteiger charge is -2.34. The van der Waals surface area contributed by atoms with Crippen LogP contribution in [-0.2, 0) is 6.54 Å². The number of carbonyl (C=O) groups is 1. The van der Waals surface area contributed by atoms with Crippen LogP contribution in [0.3, 0.4) is 0 Å². The highest BCUT2D eigenvalue weighted by Gasteiger charge is 2.32. The molecule has 1 saturated heterocycles. The summed E-state index contributed by atoms with van der Waals surface area (Å²) in [6.07, 6.45) is 6.82. The molecule has 0 spiro atoms. The van der Waals surface area contributed by atoms with E-state index < -0.39 is 0 Å². The lowest BCUT2D eigenvalue weighted by Crippen LogP contribution is -2.39. The summed E-state index contributed by atoms with van der Waals surface area (Å²) in [5.41, 5.74) is 2.29. The maximum atomic E-state index is 13.1. The Morgan fingerprint density at radius 3 is 3.08 bits per heavy atom. The number of likely N-dealkylation sites (tertiary alicyclic amines) is 1. The molecule has 6 heteroatoms. The van der Waals surface area contributed by atoms with E-state index in [1.54, 1.807) is 6.07 Å². The number of furan rings is 1. The summed E-state index contributed by atoms with van der Waals surface area (Å²) in [6, 6.07) is 5.51. The number of imidazole rings is 1. The first kappa shape index (κ1) is 15.9. The number of nitrogens with zero attached hydrogens (tertiary/aromatic N) is 4. The van der Waals surface area contributed by atoms with Gasteiger partial charge in [-0.3, -0.25) is 4.79 Å². The number of carbonyl (C=O) groups excluding carboxylic acids is 1. The van der Waals surface area contributed by atoms with Crippen LogP contribution in [-0.4, -0.2) is 31.9 Å². The number of hydrogen-bond acceptors (Lipinski definition) is 4. The van der Waals surface area contributed by atoms with Gasteiger partial charge in [0, 0.05) is 37.2 Å². The van der Waals surface area contributed by atoms with E-state index >= 15 is 0 Å². The molecule has 0 aliphatic carbocycles. The van der Waals surface area contributed by atoms with Crippen LogP contribution in [0.2, 0.25) is 0 Å². The average molecular weight is 338 g/mol. The molecule has 6 nitrogen and oxygen atoms in total. The molecule has 1 atom stereocenters. The molecule has 0 radical (unpaired) electrons. The van der Waals surface area contributed by atoms with Crippen LogP contribution in [0.15, 0.2) is 35.0 Å². The normalized spacial score (nSPS) is 18.0. The third kappa shape index (κ3) is 2.81. The minimum absolute atomic E-state index is 0.000826. The highest BCUT2D eigenvalue weighted by molar-refractivity contribution is 5.95. The molecular formula is C19H22N4O2. The molecule has 0 bridgehead atoms. The molecule has 25 heavy (non-hydrogen) atoms. The summed E-state index contributed by atoms with van der Waals surface area (Å²) in [4.78, 5) is 24.0. The van der Waals surface area contributed by atoms with Gasteiger partial charge in [0.05, 0.1) is 6.04 Å². The van der Waals surface area contributed by atoms with Crippen molar-refractivity contribution in [3.63, 3.8) is 0 Å². The van der Waals surface area contributed by atoms with Gasteiger partial charge in [-0.2, -0.15) is 0 Å². The van der Waals surface area contributed by atoms with Gasteiger partial charge in [-0.25, -0.2) is 9.97 Å². The molecule has 4 heterocycles. The summed E-state index contributed by atoms with van der Waals surface area (Å²) >= 11 is 0. The van der Waals surface area contributed by atoms with Crippen molar-refractivity contribution in [3.05, 3.63) is 47.9 Å². The summed E-state index contributed by atoms with van der Waals surface area (Å²) in [6.45, 7) is 5.60. The van der Waals surface area contributed by atoms with E-state index in [4.69, 9.17) is 4.42 Å². The van der Waals surface area contributed by atoms with Crippen molar-refractivity contribution in [2.24, 2.45) is 0 Å². The van der Waals surface area contributed by atoms with E-state index in [0.29, 0.717) is 11.3 Å². The van der Waals surface area contributed by atoms with Crippen molar-refractivity contribution in [2.75, 3.05) is 6.54 Å². The number of aryl methyl sites for hydroxylation is 2. The summed E-state index contributed by atoms with van der Waals surface area (Å²) in [5, 5.41) is 0. The Morgan fingerprint density at radius 1 is 1.36 bits per heavy atom. The van der Waals surface area contributed by atoms with Crippen LogP contribution in [0.4, 0.5) is 0 Å². The lowest BCUT2D eigenvalue weighted by molar-refractivity contribution is 0.0565. The minimum Gasteiger partial charge on any atom is -0.449 e. The van der Waals surface area contributed by atoms with Crippen LogP contribution in [0.5, 0.6) is 0 Å². The molecule has 3 aromatic heterocycles. The molecule has 3 aromatic rings. The summed E-state index contributed by atoms with van der Waals surface area (Å²) in [7, 11) is 0. The molecule has 1 aliphatic heterocycles. The van der Waals surface area contributed by atoms with Crippen LogP contribution < -0.4 is 0 Å². The Hall–Kier alpha value is -2.63. The van der Waals surface area contributed by atoms with E-state index in [-0.39, 0.29) is 11.9 Å². The fraction of sp³-hybridized carbons (Fsp3) is 0.421. The second kappa shape index (κ2) is 6.35. The lowest BCUT2D eigenvalue weighted by atomic mass is 10.0. The molecular weight excluding hydrogens is 316 g/mol. The number of rotatable bonds is 3. The second-order valence-electron chi connectivity index (χ2n) is 6.53. The number of hydrogen-bond donors (Lipinski definition) is 0. The smallest absolute Gasteiger partial charge is 0.290 e. The molecule has 0 N–H and O–H groups in total. The van der Waals surface area contributed by atoms with E-state index in [1.165, 1.54) is 0 Å². The van der Waals surface area contributed by atoms with Gasteiger partial charge < -0.3 is 13.9 Å². The fourth-order valence-corrected chi connectivity index (χ4v) is 3.60. The van der Waals surface area contributed by atoms with Gasteiger partial charge >= 0.3 is 0 Å². The predicted octanol–water partition coefficient (Wildman–Crippen LogP) is 3.72. The summed E-state index contributed by atoms with van der Waals surface area (Å²) < 4.78 is 7.89. The van der Waals surface area contributed by atoms with Gasteiger partial charge in [-0.1, -0.05) is 0 Å². The molecule has 4 rings (SSSR count). The first-order valence-electron chi connectivity index (χ1n) is 8.86. The van der Waals surface area contributed by atoms with Crippen molar-refractivity contribution >= 4 is 17.0 Å². The third-order valence-corrected chi connectivity index (χ3v) is 4.87. The zero-order chi connectivity index (χ0) is 17.4. The SMILES string of the molecule is CCn1ccnc1[C@@H]1CCCCN1C(=O)c1cc2nc(C)ccc2o1. The quantitative estimate of drug-likeness (QED) is 0.730. The van der Waals surface area contributed by atoms with E-state index in [2.05, 4.69) is 21.5 Å². The van der Waals surface area contributed by atoms with Gasteiger partial charge in [0.2, 0.25) is 0 Å². The Kier molecular flexibility index (Phi) is 4.03. The van der Waals surface area contributed by atoms with Gasteiger partial charge in [-0.15, -0.1) is 0 Å². The summed E-state index contributed by atoms with van der Waals surface area (Å²) in [5.74, 6) is 1.24. The number of fused-ring (bicyclic) bond motifs is 1. The van der Waals surface area contributed by atoms with Crippen molar-refractivity contribution in [2.45, 2.75) is 45.7 Å². The molecule has 1 fully saturated rings. The van der Waals surface area contributed by atoms with E-state index in [0.717, 1.165) is 49.4 Å². The monoisotopic (exact) mass is 338 g/mol. The van der Waals surface area contributed by atoms with Crippen LogP contribution >= 0.6 is 0 Å².